The van der Waals surface area contributed by atoms with Crippen molar-refractivity contribution in [2.75, 3.05) is 6.54 Å². The second kappa shape index (κ2) is 3.17. The van der Waals surface area contributed by atoms with E-state index in [9.17, 15) is 9.59 Å². The Balaban J connectivity index is 3.02. The number of hydrogen-bond acceptors (Lipinski definition) is 4. The molecule has 1 aliphatic heterocycles. The number of hydrazone groups is 1. The molecule has 1 saturated heterocycles. The molecule has 1 heterocycles. The molecule has 0 spiro atoms. The Morgan fingerprint density at radius 3 is 2.64 bits per heavy atom. The van der Waals surface area contributed by atoms with E-state index in [1.54, 1.807) is 13.8 Å². The van der Waals surface area contributed by atoms with E-state index in [1.807, 2.05) is 0 Å². The SMILES string of the molecule is CC1(C)C(=O)NC(=O)CN1C(N)=NN. The minimum Gasteiger partial charge on any atom is -0.368 e. The zero-order chi connectivity index (χ0) is 10.9. The van der Waals surface area contributed by atoms with Crippen LogP contribution in [0.5, 0.6) is 0 Å². The van der Waals surface area contributed by atoms with Crippen LogP contribution in [0.1, 0.15) is 13.8 Å². The van der Waals surface area contributed by atoms with Gasteiger partial charge in [0.15, 0.2) is 0 Å². The highest BCUT2D eigenvalue weighted by molar-refractivity contribution is 6.06. The summed E-state index contributed by atoms with van der Waals surface area (Å²) in [5.41, 5.74) is 4.55. The lowest BCUT2D eigenvalue weighted by atomic mass is 9.99. The Morgan fingerprint density at radius 1 is 1.57 bits per heavy atom. The van der Waals surface area contributed by atoms with Gasteiger partial charge in [0.25, 0.3) is 5.91 Å². The predicted molar refractivity (Wildman–Crippen MR) is 49.7 cm³/mol. The van der Waals surface area contributed by atoms with Gasteiger partial charge in [-0.15, -0.1) is 5.10 Å². The Labute approximate surface area is 81.1 Å². The van der Waals surface area contributed by atoms with E-state index < -0.39 is 17.4 Å². The number of nitrogens with two attached hydrogens (primary N) is 2. The molecule has 14 heavy (non-hydrogen) atoms. The van der Waals surface area contributed by atoms with Gasteiger partial charge < -0.3 is 16.5 Å². The van der Waals surface area contributed by atoms with E-state index >= 15 is 0 Å². The third-order valence-electron chi connectivity index (χ3n) is 2.19. The van der Waals surface area contributed by atoms with Crippen LogP contribution in [0, 0.1) is 0 Å². The second-order valence-electron chi connectivity index (χ2n) is 3.51. The normalized spacial score (nSPS) is 22.1. The molecular formula is C7H13N5O2. The molecule has 0 aromatic heterocycles. The maximum absolute atomic E-state index is 11.4. The minimum absolute atomic E-state index is 0.0225. The summed E-state index contributed by atoms with van der Waals surface area (Å²) in [4.78, 5) is 23.9. The highest BCUT2D eigenvalue weighted by Gasteiger charge is 2.41. The number of hydrogen-bond donors (Lipinski definition) is 3. The van der Waals surface area contributed by atoms with E-state index in [-0.39, 0.29) is 12.5 Å². The van der Waals surface area contributed by atoms with Gasteiger partial charge in [-0.1, -0.05) is 0 Å². The number of guanidine groups is 1. The largest absolute Gasteiger partial charge is 0.368 e. The Hall–Kier alpha value is -1.79. The Morgan fingerprint density at radius 2 is 2.14 bits per heavy atom. The van der Waals surface area contributed by atoms with E-state index in [2.05, 4.69) is 10.4 Å². The molecule has 7 heteroatoms. The van der Waals surface area contributed by atoms with Crippen LogP contribution in [0.25, 0.3) is 0 Å². The maximum atomic E-state index is 11.4. The standard InChI is InChI=1S/C7H13N5O2/c1-7(2)5(14)10-4(13)3-12(7)6(8)11-9/h3,9H2,1-2H3,(H2,8,11)(H,10,13,14). The summed E-state index contributed by atoms with van der Waals surface area (Å²) in [6.07, 6.45) is 0. The molecule has 0 aromatic carbocycles. The highest BCUT2D eigenvalue weighted by atomic mass is 16.2. The molecule has 0 bridgehead atoms. The lowest BCUT2D eigenvalue weighted by molar-refractivity contribution is -0.141. The summed E-state index contributed by atoms with van der Waals surface area (Å²) >= 11 is 0. The molecule has 78 valence electrons. The fourth-order valence-electron chi connectivity index (χ4n) is 1.22. The molecule has 0 radical (unpaired) electrons. The van der Waals surface area contributed by atoms with Crippen LogP contribution in [0.15, 0.2) is 5.10 Å². The van der Waals surface area contributed by atoms with Crippen molar-refractivity contribution in [3.63, 3.8) is 0 Å². The third kappa shape index (κ3) is 1.48. The second-order valence-corrected chi connectivity index (χ2v) is 3.51. The van der Waals surface area contributed by atoms with Crippen molar-refractivity contribution in [1.29, 1.82) is 0 Å². The number of amides is 2. The molecule has 0 unspecified atom stereocenters. The first kappa shape index (κ1) is 10.3. The van der Waals surface area contributed by atoms with E-state index in [0.29, 0.717) is 0 Å². The van der Waals surface area contributed by atoms with Crippen molar-refractivity contribution in [3.05, 3.63) is 0 Å². The van der Waals surface area contributed by atoms with Gasteiger partial charge in [0.2, 0.25) is 11.9 Å². The number of carbonyl (C=O) groups excluding carboxylic acids is 2. The van der Waals surface area contributed by atoms with Crippen LogP contribution < -0.4 is 16.9 Å². The lowest BCUT2D eigenvalue weighted by Gasteiger charge is -2.40. The molecule has 1 rings (SSSR count). The summed E-state index contributed by atoms with van der Waals surface area (Å²) in [6, 6.07) is 0. The Kier molecular flexibility index (Phi) is 2.33. The van der Waals surface area contributed by atoms with Gasteiger partial charge in [-0.2, -0.15) is 0 Å². The summed E-state index contributed by atoms with van der Waals surface area (Å²) in [7, 11) is 0. The van der Waals surface area contributed by atoms with Crippen LogP contribution in [0.2, 0.25) is 0 Å². The zero-order valence-electron chi connectivity index (χ0n) is 8.07. The van der Waals surface area contributed by atoms with Crippen LogP contribution in [-0.4, -0.2) is 34.8 Å². The summed E-state index contributed by atoms with van der Waals surface area (Å²) in [6.45, 7) is 3.24. The van der Waals surface area contributed by atoms with Crippen molar-refractivity contribution in [3.8, 4) is 0 Å². The summed E-state index contributed by atoms with van der Waals surface area (Å²) < 4.78 is 0. The topological polar surface area (TPSA) is 114 Å². The molecule has 1 fully saturated rings. The van der Waals surface area contributed by atoms with Crippen LogP contribution >= 0.6 is 0 Å². The minimum atomic E-state index is -0.916. The van der Waals surface area contributed by atoms with Crippen molar-refractivity contribution in [2.24, 2.45) is 16.7 Å². The molecule has 0 aromatic rings. The number of nitrogens with zero attached hydrogens (tertiary/aromatic N) is 2. The molecule has 0 atom stereocenters. The molecule has 1 aliphatic rings. The van der Waals surface area contributed by atoms with Crippen molar-refractivity contribution >= 4 is 17.8 Å². The third-order valence-corrected chi connectivity index (χ3v) is 2.19. The lowest BCUT2D eigenvalue weighted by Crippen LogP contribution is -2.66. The zero-order valence-corrected chi connectivity index (χ0v) is 8.07. The number of piperazine rings is 1. The summed E-state index contributed by atoms with van der Waals surface area (Å²) in [5.74, 6) is 4.13. The maximum Gasteiger partial charge on any atom is 0.252 e. The van der Waals surface area contributed by atoms with Gasteiger partial charge in [-0.05, 0) is 13.8 Å². The van der Waals surface area contributed by atoms with Gasteiger partial charge in [0.05, 0.1) is 0 Å². The quantitative estimate of drug-likeness (QED) is 0.136. The van der Waals surface area contributed by atoms with Gasteiger partial charge in [-0.3, -0.25) is 14.9 Å². The van der Waals surface area contributed by atoms with Gasteiger partial charge in [0, 0.05) is 0 Å². The van der Waals surface area contributed by atoms with Crippen LogP contribution in [-0.2, 0) is 9.59 Å². The van der Waals surface area contributed by atoms with Crippen LogP contribution in [0.4, 0.5) is 0 Å². The molecular weight excluding hydrogens is 186 g/mol. The summed E-state index contributed by atoms with van der Waals surface area (Å²) in [5, 5.41) is 5.47. The molecule has 0 saturated carbocycles. The first-order chi connectivity index (χ1) is 6.39. The molecule has 0 aliphatic carbocycles. The van der Waals surface area contributed by atoms with Crippen molar-refractivity contribution < 1.29 is 9.59 Å². The smallest absolute Gasteiger partial charge is 0.252 e. The Bertz CT molecular complexity index is 309. The molecule has 2 amide bonds. The molecule has 5 N–H and O–H groups in total. The van der Waals surface area contributed by atoms with E-state index in [1.165, 1.54) is 4.90 Å². The number of imide groups is 1. The predicted octanol–water partition coefficient (Wildman–Crippen LogP) is -2.09. The number of nitrogens with one attached hydrogen (secondary N) is 1. The van der Waals surface area contributed by atoms with Gasteiger partial charge in [0.1, 0.15) is 12.1 Å². The van der Waals surface area contributed by atoms with E-state index in [0.717, 1.165) is 0 Å². The number of rotatable bonds is 0. The van der Waals surface area contributed by atoms with Crippen LogP contribution in [0.3, 0.4) is 0 Å². The highest BCUT2D eigenvalue weighted by Crippen LogP contribution is 2.17. The first-order valence-corrected chi connectivity index (χ1v) is 4.05. The monoisotopic (exact) mass is 199 g/mol. The fourth-order valence-corrected chi connectivity index (χ4v) is 1.22. The average Bonchev–Trinajstić information content (AvgIpc) is 2.10. The van der Waals surface area contributed by atoms with E-state index in [4.69, 9.17) is 11.6 Å². The molecule has 7 nitrogen and oxygen atoms in total. The van der Waals surface area contributed by atoms with Gasteiger partial charge >= 0.3 is 0 Å². The first-order valence-electron chi connectivity index (χ1n) is 4.05. The average molecular weight is 199 g/mol. The fraction of sp³-hybridized carbons (Fsp3) is 0.571. The number of carbonyl (C=O) groups is 2. The van der Waals surface area contributed by atoms with Crippen molar-refractivity contribution in [1.82, 2.24) is 10.2 Å². The van der Waals surface area contributed by atoms with Crippen molar-refractivity contribution in [2.45, 2.75) is 19.4 Å². The van der Waals surface area contributed by atoms with Gasteiger partial charge in [-0.25, -0.2) is 0 Å².